The number of benzene rings is 1. The third-order valence-electron chi connectivity index (χ3n) is 4.58. The second-order valence-corrected chi connectivity index (χ2v) is 7.56. The molecule has 1 aromatic carbocycles. The minimum atomic E-state index is -0.0887. The summed E-state index contributed by atoms with van der Waals surface area (Å²) in [6.45, 7) is 3.97. The van der Waals surface area contributed by atoms with Crippen molar-refractivity contribution in [2.24, 2.45) is 0 Å². The van der Waals surface area contributed by atoms with Crippen LogP contribution in [0, 0.1) is 11.8 Å². The summed E-state index contributed by atoms with van der Waals surface area (Å²) in [4.78, 5) is 3.81. The van der Waals surface area contributed by atoms with Gasteiger partial charge in [-0.25, -0.2) is 0 Å². The molecule has 0 radical (unpaired) electrons. The van der Waals surface area contributed by atoms with Crippen LogP contribution >= 0.6 is 11.3 Å². The first-order chi connectivity index (χ1) is 12.8. The third-order valence-corrected chi connectivity index (χ3v) is 5.51. The molecule has 138 valence electrons. The predicted molar refractivity (Wildman–Crippen MR) is 106 cm³/mol. The van der Waals surface area contributed by atoms with Gasteiger partial charge in [-0.3, -0.25) is 4.90 Å². The van der Waals surface area contributed by atoms with Crippen molar-refractivity contribution in [2.75, 3.05) is 26.8 Å². The van der Waals surface area contributed by atoms with E-state index >= 15 is 0 Å². The van der Waals surface area contributed by atoms with Crippen LogP contribution in [0.4, 0.5) is 0 Å². The first kappa shape index (κ1) is 18.9. The molecule has 4 nitrogen and oxygen atoms in total. The molecule has 2 heterocycles. The largest absolute Gasteiger partial charge is 0.497 e. The minimum Gasteiger partial charge on any atom is -0.497 e. The number of piperidine rings is 1. The van der Waals surface area contributed by atoms with E-state index in [0.29, 0.717) is 6.04 Å². The van der Waals surface area contributed by atoms with Gasteiger partial charge in [0.15, 0.2) is 0 Å². The highest BCUT2D eigenvalue weighted by molar-refractivity contribution is 7.10. The Labute approximate surface area is 159 Å². The highest BCUT2D eigenvalue weighted by Crippen LogP contribution is 2.19. The summed E-state index contributed by atoms with van der Waals surface area (Å²) in [6, 6.07) is 11.0. The maximum atomic E-state index is 8.77. The van der Waals surface area contributed by atoms with Gasteiger partial charge < -0.3 is 15.2 Å². The van der Waals surface area contributed by atoms with E-state index in [1.807, 2.05) is 6.07 Å². The summed E-state index contributed by atoms with van der Waals surface area (Å²) in [5.74, 6) is 6.58. The van der Waals surface area contributed by atoms with E-state index in [-0.39, 0.29) is 6.61 Å². The Morgan fingerprint density at radius 3 is 3.15 bits per heavy atom. The Balaban J connectivity index is 1.49. The predicted octanol–water partition coefficient (Wildman–Crippen LogP) is 2.85. The molecule has 1 fully saturated rings. The van der Waals surface area contributed by atoms with E-state index < -0.39 is 0 Å². The molecule has 0 bridgehead atoms. The van der Waals surface area contributed by atoms with Crippen LogP contribution in [0.15, 0.2) is 35.7 Å². The molecule has 5 heteroatoms. The normalized spacial score (nSPS) is 17.5. The number of hydrogen-bond acceptors (Lipinski definition) is 5. The molecule has 1 aliphatic heterocycles. The number of aliphatic hydroxyl groups is 1. The molecule has 0 spiro atoms. The standard InChI is InChI=1S/C21H26N2O2S/c1-25-20-8-2-5-17(11-20)14-23-9-3-7-19(15-23)22-13-21-12-18(16-26-21)6-4-10-24/h2,5,8,11-12,16,19,22,24H,3,7,9-10,13-15H2,1H3/t19-/m0/s1. The van der Waals surface area contributed by atoms with Crippen molar-refractivity contribution in [1.82, 2.24) is 10.2 Å². The highest BCUT2D eigenvalue weighted by atomic mass is 32.1. The summed E-state index contributed by atoms with van der Waals surface area (Å²) < 4.78 is 5.33. The molecule has 0 aliphatic carbocycles. The molecule has 2 aromatic rings. The van der Waals surface area contributed by atoms with Gasteiger partial charge in [0.05, 0.1) is 7.11 Å². The summed E-state index contributed by atoms with van der Waals surface area (Å²) in [7, 11) is 1.71. The molecular weight excluding hydrogens is 344 g/mol. The average molecular weight is 371 g/mol. The number of thiophene rings is 1. The van der Waals surface area contributed by atoms with Gasteiger partial charge in [-0.1, -0.05) is 24.0 Å². The van der Waals surface area contributed by atoms with Crippen molar-refractivity contribution >= 4 is 11.3 Å². The highest BCUT2D eigenvalue weighted by Gasteiger charge is 2.19. The fourth-order valence-electron chi connectivity index (χ4n) is 3.32. The first-order valence-electron chi connectivity index (χ1n) is 9.02. The van der Waals surface area contributed by atoms with E-state index in [1.54, 1.807) is 18.4 Å². The summed E-state index contributed by atoms with van der Waals surface area (Å²) >= 11 is 1.72. The van der Waals surface area contributed by atoms with Crippen LogP contribution in [0.1, 0.15) is 28.8 Å². The number of hydrogen-bond donors (Lipinski definition) is 2. The smallest absolute Gasteiger partial charge is 0.119 e. The number of likely N-dealkylation sites (tertiary alicyclic amines) is 1. The fourth-order valence-corrected chi connectivity index (χ4v) is 4.09. The zero-order valence-electron chi connectivity index (χ0n) is 15.2. The van der Waals surface area contributed by atoms with Gasteiger partial charge in [-0.2, -0.15) is 0 Å². The molecule has 1 aliphatic rings. The molecule has 0 unspecified atom stereocenters. The zero-order valence-corrected chi connectivity index (χ0v) is 16.0. The quantitative estimate of drug-likeness (QED) is 0.768. The van der Waals surface area contributed by atoms with E-state index in [9.17, 15) is 0 Å². The Morgan fingerprint density at radius 2 is 2.31 bits per heavy atom. The van der Waals surface area contributed by atoms with Gasteiger partial charge in [-0.15, -0.1) is 11.3 Å². The van der Waals surface area contributed by atoms with Crippen molar-refractivity contribution in [2.45, 2.75) is 32.0 Å². The minimum absolute atomic E-state index is 0.0887. The van der Waals surface area contributed by atoms with E-state index in [1.165, 1.54) is 23.3 Å². The molecule has 1 atom stereocenters. The lowest BCUT2D eigenvalue weighted by Gasteiger charge is -2.33. The van der Waals surface area contributed by atoms with Crippen LogP contribution in [0.3, 0.4) is 0 Å². The second-order valence-electron chi connectivity index (χ2n) is 6.57. The van der Waals surface area contributed by atoms with Crippen LogP contribution < -0.4 is 10.1 Å². The first-order valence-corrected chi connectivity index (χ1v) is 9.90. The summed E-state index contributed by atoms with van der Waals surface area (Å²) in [5, 5.41) is 14.5. The van der Waals surface area contributed by atoms with Crippen molar-refractivity contribution < 1.29 is 9.84 Å². The molecule has 1 aromatic heterocycles. The molecule has 3 rings (SSSR count). The molecule has 26 heavy (non-hydrogen) atoms. The lowest BCUT2D eigenvalue weighted by Crippen LogP contribution is -2.44. The number of nitrogens with zero attached hydrogens (tertiary/aromatic N) is 1. The van der Waals surface area contributed by atoms with Crippen LogP contribution in [0.25, 0.3) is 0 Å². The van der Waals surface area contributed by atoms with Crippen LogP contribution in [-0.2, 0) is 13.1 Å². The van der Waals surface area contributed by atoms with Crippen LogP contribution in [0.5, 0.6) is 5.75 Å². The third kappa shape index (κ3) is 5.58. The number of nitrogens with one attached hydrogen (secondary N) is 1. The Bertz CT molecular complexity index is 763. The monoisotopic (exact) mass is 370 g/mol. The Hall–Kier alpha value is -1.84. The SMILES string of the molecule is COc1cccc(CN2CCC[C@H](NCc3cc(C#CCO)cs3)C2)c1. The average Bonchev–Trinajstić information content (AvgIpc) is 3.13. The van der Waals surface area contributed by atoms with Crippen molar-refractivity contribution in [3.63, 3.8) is 0 Å². The molecule has 2 N–H and O–H groups in total. The fraction of sp³-hybridized carbons (Fsp3) is 0.429. The van der Waals surface area contributed by atoms with E-state index in [2.05, 4.69) is 51.7 Å². The molecular formula is C21H26N2O2S. The zero-order chi connectivity index (χ0) is 18.2. The molecule has 1 saturated heterocycles. The van der Waals surface area contributed by atoms with Gasteiger partial charge >= 0.3 is 0 Å². The van der Waals surface area contributed by atoms with Gasteiger partial charge in [0.25, 0.3) is 0 Å². The topological polar surface area (TPSA) is 44.7 Å². The summed E-state index contributed by atoms with van der Waals surface area (Å²) in [6.07, 6.45) is 2.44. The van der Waals surface area contributed by atoms with Crippen LogP contribution in [0.2, 0.25) is 0 Å². The Morgan fingerprint density at radius 1 is 1.38 bits per heavy atom. The maximum absolute atomic E-state index is 8.77. The van der Waals surface area contributed by atoms with Crippen molar-refractivity contribution in [3.05, 3.63) is 51.7 Å². The maximum Gasteiger partial charge on any atom is 0.119 e. The van der Waals surface area contributed by atoms with Crippen molar-refractivity contribution in [3.8, 4) is 17.6 Å². The lowest BCUT2D eigenvalue weighted by atomic mass is 10.0. The number of ether oxygens (including phenoxy) is 1. The summed E-state index contributed by atoms with van der Waals surface area (Å²) in [5.41, 5.74) is 2.29. The van der Waals surface area contributed by atoms with Crippen molar-refractivity contribution in [1.29, 1.82) is 0 Å². The molecule has 0 saturated carbocycles. The second kappa shape index (κ2) is 9.75. The Kier molecular flexibility index (Phi) is 7.10. The number of rotatable bonds is 6. The lowest BCUT2D eigenvalue weighted by molar-refractivity contribution is 0.183. The molecule has 0 amide bonds. The van der Waals surface area contributed by atoms with Gasteiger partial charge in [0.1, 0.15) is 12.4 Å². The van der Waals surface area contributed by atoms with Crippen LogP contribution in [-0.4, -0.2) is 42.9 Å². The number of aliphatic hydroxyl groups excluding tert-OH is 1. The van der Waals surface area contributed by atoms with Gasteiger partial charge in [0.2, 0.25) is 0 Å². The van der Waals surface area contributed by atoms with Gasteiger partial charge in [0, 0.05) is 41.5 Å². The number of methoxy groups -OCH3 is 1. The van der Waals surface area contributed by atoms with E-state index in [0.717, 1.165) is 37.5 Å². The van der Waals surface area contributed by atoms with Gasteiger partial charge in [-0.05, 0) is 43.1 Å². The van der Waals surface area contributed by atoms with E-state index in [4.69, 9.17) is 9.84 Å².